The minimum absolute atomic E-state index is 0.0998. The van der Waals surface area contributed by atoms with Crippen molar-refractivity contribution in [1.29, 1.82) is 0 Å². The van der Waals surface area contributed by atoms with Crippen LogP contribution in [0.3, 0.4) is 0 Å². The van der Waals surface area contributed by atoms with E-state index in [9.17, 15) is 30.6 Å². The van der Waals surface area contributed by atoms with Crippen LogP contribution in [0.1, 0.15) is 46.3 Å². The van der Waals surface area contributed by atoms with E-state index in [0.29, 0.717) is 11.1 Å². The molecule has 0 saturated carbocycles. The van der Waals surface area contributed by atoms with Crippen molar-refractivity contribution in [3.05, 3.63) is 107 Å². The van der Waals surface area contributed by atoms with E-state index in [1.54, 1.807) is 72.8 Å². The first-order chi connectivity index (χ1) is 16.8. The third kappa shape index (κ3) is 4.41. The molecule has 1 heterocycles. The van der Waals surface area contributed by atoms with Gasteiger partial charge in [0.05, 0.1) is 12.2 Å². The summed E-state index contributed by atoms with van der Waals surface area (Å²) >= 11 is 0. The highest BCUT2D eigenvalue weighted by Gasteiger charge is 2.47. The Kier molecular flexibility index (Phi) is 5.62. The van der Waals surface area contributed by atoms with Crippen molar-refractivity contribution in [1.82, 2.24) is 0 Å². The first kappa shape index (κ1) is 22.4. The maximum atomic E-state index is 10.3. The summed E-state index contributed by atoms with van der Waals surface area (Å²) in [6.07, 6.45) is -1.16. The quantitative estimate of drug-likeness (QED) is 0.238. The molecule has 0 spiro atoms. The lowest BCUT2D eigenvalue weighted by atomic mass is 9.75. The lowest BCUT2D eigenvalue weighted by Crippen LogP contribution is -2.14. The van der Waals surface area contributed by atoms with E-state index in [2.05, 4.69) is 0 Å². The van der Waals surface area contributed by atoms with Gasteiger partial charge < -0.3 is 35.4 Å². The highest BCUT2D eigenvalue weighted by molar-refractivity contribution is 5.47. The van der Waals surface area contributed by atoms with Gasteiger partial charge in [0.1, 0.15) is 34.5 Å². The van der Waals surface area contributed by atoms with Gasteiger partial charge in [-0.1, -0.05) is 24.3 Å². The van der Waals surface area contributed by atoms with Crippen molar-refractivity contribution >= 4 is 0 Å². The fourth-order valence-electron chi connectivity index (χ4n) is 4.99. The maximum Gasteiger partial charge on any atom is 0.119 e. The van der Waals surface area contributed by atoms with E-state index in [1.807, 2.05) is 0 Å². The Balaban J connectivity index is 1.74. The smallest absolute Gasteiger partial charge is 0.119 e. The van der Waals surface area contributed by atoms with Crippen LogP contribution in [0.25, 0.3) is 0 Å². The molecule has 4 unspecified atom stereocenters. The Hall–Kier alpha value is -4.36. The molecule has 0 bridgehead atoms. The summed E-state index contributed by atoms with van der Waals surface area (Å²) < 4.78 is 6.62. The van der Waals surface area contributed by atoms with Crippen molar-refractivity contribution in [2.24, 2.45) is 0 Å². The average Bonchev–Trinajstić information content (AvgIpc) is 3.19. The number of rotatable bonds is 4. The van der Waals surface area contributed by atoms with Gasteiger partial charge in [-0.05, 0) is 70.8 Å². The van der Waals surface area contributed by atoms with Gasteiger partial charge in [-0.3, -0.25) is 0 Å². The van der Waals surface area contributed by atoms with E-state index in [0.717, 1.165) is 11.1 Å². The van der Waals surface area contributed by atoms with Crippen LogP contribution in [-0.2, 0) is 4.74 Å². The molecule has 4 aromatic carbocycles. The largest absolute Gasteiger partial charge is 0.508 e. The number of hydrogen-bond acceptors (Lipinski definition) is 7. The highest BCUT2D eigenvalue weighted by Crippen LogP contribution is 2.59. The third-order valence-electron chi connectivity index (χ3n) is 6.40. The molecule has 7 heteroatoms. The zero-order valence-corrected chi connectivity index (χ0v) is 18.5. The molecule has 35 heavy (non-hydrogen) atoms. The Morgan fingerprint density at radius 1 is 0.371 bits per heavy atom. The Morgan fingerprint density at radius 2 is 0.686 bits per heavy atom. The van der Waals surface area contributed by atoms with Crippen LogP contribution in [0.2, 0.25) is 0 Å². The molecule has 0 radical (unpaired) electrons. The molecule has 1 aliphatic rings. The summed E-state index contributed by atoms with van der Waals surface area (Å²) in [6, 6.07) is 21.9. The SMILES string of the molecule is Oc1ccc(C2OC(c3ccc(O)cc3)C(c3cc(O)cc(O)c3)C2c2cc(O)cc(O)c2)cc1. The molecule has 4 atom stereocenters. The highest BCUT2D eigenvalue weighted by atomic mass is 16.5. The first-order valence-corrected chi connectivity index (χ1v) is 11.1. The van der Waals surface area contributed by atoms with Crippen LogP contribution in [0.4, 0.5) is 0 Å². The summed E-state index contributed by atoms with van der Waals surface area (Å²) in [7, 11) is 0. The van der Waals surface area contributed by atoms with E-state index in [1.165, 1.54) is 12.1 Å². The van der Waals surface area contributed by atoms with Crippen molar-refractivity contribution < 1.29 is 35.4 Å². The summed E-state index contributed by atoms with van der Waals surface area (Å²) in [5, 5.41) is 60.7. The summed E-state index contributed by atoms with van der Waals surface area (Å²) in [5.74, 6) is -1.21. The minimum atomic E-state index is -0.579. The van der Waals surface area contributed by atoms with Gasteiger partial charge in [0.15, 0.2) is 0 Å². The van der Waals surface area contributed by atoms with E-state index < -0.39 is 24.0 Å². The average molecular weight is 472 g/mol. The molecule has 7 nitrogen and oxygen atoms in total. The number of aromatic hydroxyl groups is 6. The van der Waals surface area contributed by atoms with Gasteiger partial charge >= 0.3 is 0 Å². The molecule has 4 aromatic rings. The number of phenolic OH excluding ortho intramolecular Hbond substituents is 6. The van der Waals surface area contributed by atoms with E-state index >= 15 is 0 Å². The maximum absolute atomic E-state index is 10.3. The van der Waals surface area contributed by atoms with Crippen LogP contribution >= 0.6 is 0 Å². The lowest BCUT2D eigenvalue weighted by molar-refractivity contribution is 0.0366. The molecule has 5 rings (SSSR count). The second-order valence-electron chi connectivity index (χ2n) is 8.78. The van der Waals surface area contributed by atoms with Gasteiger partial charge in [-0.25, -0.2) is 0 Å². The number of benzene rings is 4. The normalized spacial score (nSPS) is 21.7. The molecule has 6 N–H and O–H groups in total. The fraction of sp³-hybridized carbons (Fsp3) is 0.143. The van der Waals surface area contributed by atoms with Gasteiger partial charge in [0.2, 0.25) is 0 Å². The topological polar surface area (TPSA) is 131 Å². The molecule has 1 aliphatic heterocycles. The fourth-order valence-corrected chi connectivity index (χ4v) is 4.99. The van der Waals surface area contributed by atoms with Gasteiger partial charge in [0, 0.05) is 24.0 Å². The van der Waals surface area contributed by atoms with Crippen molar-refractivity contribution in [2.75, 3.05) is 0 Å². The monoisotopic (exact) mass is 472 g/mol. The van der Waals surface area contributed by atoms with Crippen LogP contribution < -0.4 is 0 Å². The van der Waals surface area contributed by atoms with Crippen molar-refractivity contribution in [3.8, 4) is 34.5 Å². The molecule has 178 valence electrons. The second kappa shape index (κ2) is 8.77. The zero-order valence-electron chi connectivity index (χ0n) is 18.5. The Morgan fingerprint density at radius 3 is 1.00 bits per heavy atom. The Bertz CT molecular complexity index is 1200. The summed E-state index contributed by atoms with van der Waals surface area (Å²) in [5.41, 5.74) is 2.70. The molecule has 1 saturated heterocycles. The lowest BCUT2D eigenvalue weighted by Gasteiger charge is -2.26. The van der Waals surface area contributed by atoms with Crippen LogP contribution in [-0.4, -0.2) is 30.6 Å². The predicted octanol–water partition coefficient (Wildman–Crippen LogP) is 5.30. The summed E-state index contributed by atoms with van der Waals surface area (Å²) in [4.78, 5) is 0. The number of phenols is 6. The molecule has 0 aromatic heterocycles. The molecule has 0 aliphatic carbocycles. The summed E-state index contributed by atoms with van der Waals surface area (Å²) in [6.45, 7) is 0. The molecular weight excluding hydrogens is 448 g/mol. The second-order valence-corrected chi connectivity index (χ2v) is 8.78. The van der Waals surface area contributed by atoms with Crippen LogP contribution in [0.15, 0.2) is 84.9 Å². The van der Waals surface area contributed by atoms with Gasteiger partial charge in [0.25, 0.3) is 0 Å². The first-order valence-electron chi connectivity index (χ1n) is 11.1. The standard InChI is InChI=1S/C28H24O7/c29-19-5-1-15(2-6-19)27-25(17-9-21(31)13-22(32)10-17)26(18-11-23(33)14-24(34)12-18)28(35-27)16-3-7-20(30)8-4-16/h1-14,25-34H. The van der Waals surface area contributed by atoms with E-state index in [-0.39, 0.29) is 34.5 Å². The molecular formula is C28H24O7. The molecule has 1 fully saturated rings. The van der Waals surface area contributed by atoms with Crippen LogP contribution in [0, 0.1) is 0 Å². The number of hydrogen-bond donors (Lipinski definition) is 6. The number of ether oxygens (including phenoxy) is 1. The van der Waals surface area contributed by atoms with Crippen molar-refractivity contribution in [2.45, 2.75) is 24.0 Å². The minimum Gasteiger partial charge on any atom is -0.508 e. The third-order valence-corrected chi connectivity index (χ3v) is 6.40. The van der Waals surface area contributed by atoms with Crippen LogP contribution in [0.5, 0.6) is 34.5 Å². The predicted molar refractivity (Wildman–Crippen MR) is 128 cm³/mol. The zero-order chi connectivity index (χ0) is 24.7. The van der Waals surface area contributed by atoms with Gasteiger partial charge in [-0.15, -0.1) is 0 Å². The van der Waals surface area contributed by atoms with Gasteiger partial charge in [-0.2, -0.15) is 0 Å². The molecule has 0 amide bonds. The van der Waals surface area contributed by atoms with Crippen molar-refractivity contribution in [3.63, 3.8) is 0 Å². The van der Waals surface area contributed by atoms with E-state index in [4.69, 9.17) is 4.74 Å². The Labute approximate surface area is 201 Å².